The van der Waals surface area contributed by atoms with Crippen molar-refractivity contribution in [1.82, 2.24) is 0 Å². The summed E-state index contributed by atoms with van der Waals surface area (Å²) in [5.41, 5.74) is 9.31. The first kappa shape index (κ1) is 19.1. The molecule has 3 aromatic carbocycles. The monoisotopic (exact) mass is 382 g/mol. The van der Waals surface area contributed by atoms with E-state index < -0.39 is 22.4 Å². The van der Waals surface area contributed by atoms with Crippen LogP contribution in [0.5, 0.6) is 0 Å². The predicted octanol–water partition coefficient (Wildman–Crippen LogP) is 4.05. The van der Waals surface area contributed by atoms with E-state index in [1.807, 2.05) is 55.5 Å². The lowest BCUT2D eigenvalue weighted by Gasteiger charge is -2.35. The maximum atomic E-state index is 12.4. The third-order valence-corrected chi connectivity index (χ3v) is 5.39. The Morgan fingerprint density at radius 1 is 0.815 bits per heavy atom. The lowest BCUT2D eigenvalue weighted by atomic mass is 9.93. The summed E-state index contributed by atoms with van der Waals surface area (Å²) in [5, 5.41) is 0. The zero-order valence-electron chi connectivity index (χ0n) is 14.9. The lowest BCUT2D eigenvalue weighted by Crippen LogP contribution is -2.40. The molecule has 6 heteroatoms. The van der Waals surface area contributed by atoms with Crippen molar-refractivity contribution in [2.24, 2.45) is 5.73 Å². The van der Waals surface area contributed by atoms with Crippen LogP contribution in [0.4, 0.5) is 5.69 Å². The fourth-order valence-electron chi connectivity index (χ4n) is 3.13. The van der Waals surface area contributed by atoms with Crippen LogP contribution in [0.3, 0.4) is 0 Å². The van der Waals surface area contributed by atoms with Crippen LogP contribution in [0.15, 0.2) is 84.9 Å². The smallest absolute Gasteiger partial charge is 0.322 e. The van der Waals surface area contributed by atoms with Crippen molar-refractivity contribution in [3.05, 3.63) is 102 Å². The van der Waals surface area contributed by atoms with E-state index in [9.17, 15) is 13.0 Å². The summed E-state index contributed by atoms with van der Waals surface area (Å²) < 4.78 is 35.8. The number of hydrogen-bond acceptors (Lipinski definition) is 3. The number of nitrogens with two attached hydrogens (primary N) is 1. The first-order valence-corrected chi connectivity index (χ1v) is 9.96. The van der Waals surface area contributed by atoms with Gasteiger partial charge in [-0.1, -0.05) is 78.4 Å². The van der Waals surface area contributed by atoms with Gasteiger partial charge in [-0.15, -0.1) is 0 Å². The Morgan fingerprint density at radius 2 is 1.30 bits per heavy atom. The quantitative estimate of drug-likeness (QED) is 0.630. The molecule has 27 heavy (non-hydrogen) atoms. The molecule has 0 amide bonds. The van der Waals surface area contributed by atoms with Crippen molar-refractivity contribution in [1.29, 1.82) is 0 Å². The van der Waals surface area contributed by atoms with E-state index in [2.05, 4.69) is 0 Å². The van der Waals surface area contributed by atoms with E-state index in [4.69, 9.17) is 5.73 Å². The van der Waals surface area contributed by atoms with Gasteiger partial charge in [-0.2, -0.15) is 8.42 Å². The van der Waals surface area contributed by atoms with Crippen molar-refractivity contribution in [2.75, 3.05) is 4.31 Å². The highest BCUT2D eigenvalue weighted by atomic mass is 32.2. The number of nitrogens with zero attached hydrogens (tertiary/aromatic N) is 1. The number of anilines is 1. The van der Waals surface area contributed by atoms with Gasteiger partial charge in [0.2, 0.25) is 0 Å². The first-order valence-electron chi connectivity index (χ1n) is 8.57. The Balaban J connectivity index is 2.18. The van der Waals surface area contributed by atoms with Crippen molar-refractivity contribution in [2.45, 2.75) is 19.0 Å². The number of hydrogen-bond donors (Lipinski definition) is 2. The van der Waals surface area contributed by atoms with Crippen LogP contribution in [0.2, 0.25) is 0 Å². The minimum absolute atomic E-state index is 0.350. The van der Waals surface area contributed by atoms with Gasteiger partial charge in [-0.3, -0.25) is 4.55 Å². The average molecular weight is 382 g/mol. The van der Waals surface area contributed by atoms with Crippen LogP contribution in [-0.2, 0) is 10.3 Å². The second kappa shape index (κ2) is 7.92. The molecule has 0 fully saturated rings. The molecule has 0 unspecified atom stereocenters. The molecule has 0 bridgehead atoms. The van der Waals surface area contributed by atoms with Crippen LogP contribution >= 0.6 is 0 Å². The normalized spacial score (nSPS) is 13.7. The largest absolute Gasteiger partial charge is 0.360 e. The van der Waals surface area contributed by atoms with Gasteiger partial charge in [0.25, 0.3) is 0 Å². The van der Waals surface area contributed by atoms with Gasteiger partial charge in [-0.25, -0.2) is 4.31 Å². The van der Waals surface area contributed by atoms with Crippen LogP contribution in [0.25, 0.3) is 0 Å². The van der Waals surface area contributed by atoms with E-state index >= 15 is 0 Å². The molecule has 3 aromatic rings. The molecule has 0 radical (unpaired) electrons. The van der Waals surface area contributed by atoms with Gasteiger partial charge in [0, 0.05) is 0 Å². The highest BCUT2D eigenvalue weighted by Crippen LogP contribution is 2.37. The summed E-state index contributed by atoms with van der Waals surface area (Å²) in [6.45, 7) is 1.91. The van der Waals surface area contributed by atoms with Crippen molar-refractivity contribution in [3.63, 3.8) is 0 Å². The molecule has 0 saturated heterocycles. The molecular formula is C21H22N2O3S. The van der Waals surface area contributed by atoms with E-state index in [0.29, 0.717) is 11.3 Å². The fourth-order valence-corrected chi connectivity index (χ4v) is 4.05. The molecular weight excluding hydrogens is 360 g/mol. The topological polar surface area (TPSA) is 83.6 Å². The summed E-state index contributed by atoms with van der Waals surface area (Å²) in [7, 11) is -4.58. The summed E-state index contributed by atoms with van der Waals surface area (Å²) in [5.74, 6) is 0. The third kappa shape index (κ3) is 4.36. The number of benzene rings is 3. The first-order chi connectivity index (χ1) is 12.9. The number of aryl methyl sites for hydroxylation is 1. The van der Waals surface area contributed by atoms with Crippen LogP contribution in [-0.4, -0.2) is 13.0 Å². The minimum Gasteiger partial charge on any atom is -0.322 e. The van der Waals surface area contributed by atoms with Gasteiger partial charge in [0.1, 0.15) is 0 Å². The highest BCUT2D eigenvalue weighted by Gasteiger charge is 2.35. The molecule has 2 atom stereocenters. The maximum Gasteiger partial charge on any atom is 0.360 e. The van der Waals surface area contributed by atoms with Crippen LogP contribution in [0, 0.1) is 6.92 Å². The Kier molecular flexibility index (Phi) is 5.60. The molecule has 140 valence electrons. The Bertz CT molecular complexity index is 975. The average Bonchev–Trinajstić information content (AvgIpc) is 2.67. The number of rotatable bonds is 6. The summed E-state index contributed by atoms with van der Waals surface area (Å²) >= 11 is 0. The Labute approximate surface area is 160 Å². The molecule has 3 N–H and O–H groups in total. The Hall–Kier alpha value is -2.67. The zero-order chi connectivity index (χ0) is 19.4. The molecule has 5 nitrogen and oxygen atoms in total. The van der Waals surface area contributed by atoms with Gasteiger partial charge in [-0.05, 0) is 30.2 Å². The molecule has 0 heterocycles. The molecule has 0 aliphatic heterocycles. The van der Waals surface area contributed by atoms with Crippen LogP contribution < -0.4 is 10.0 Å². The summed E-state index contributed by atoms with van der Waals surface area (Å²) in [6, 6.07) is 23.8. The zero-order valence-corrected chi connectivity index (χ0v) is 15.8. The van der Waals surface area contributed by atoms with Gasteiger partial charge in [0.05, 0.1) is 17.8 Å². The second-order valence-corrected chi connectivity index (χ2v) is 7.69. The summed E-state index contributed by atoms with van der Waals surface area (Å²) in [6.07, 6.45) is 0. The van der Waals surface area contributed by atoms with Crippen molar-refractivity contribution in [3.8, 4) is 0 Å². The predicted molar refractivity (Wildman–Crippen MR) is 108 cm³/mol. The molecule has 3 rings (SSSR count). The van der Waals surface area contributed by atoms with Crippen molar-refractivity contribution < 1.29 is 13.0 Å². The second-order valence-electron chi connectivity index (χ2n) is 6.40. The molecule has 0 aromatic heterocycles. The maximum absolute atomic E-state index is 12.4. The highest BCUT2D eigenvalue weighted by molar-refractivity contribution is 7.87. The molecule has 0 aliphatic carbocycles. The van der Waals surface area contributed by atoms with E-state index in [1.54, 1.807) is 36.4 Å². The lowest BCUT2D eigenvalue weighted by molar-refractivity contribution is 0.457. The fraction of sp³-hybridized carbons (Fsp3) is 0.143. The van der Waals surface area contributed by atoms with E-state index in [0.717, 1.165) is 15.4 Å². The van der Waals surface area contributed by atoms with Gasteiger partial charge in [0.15, 0.2) is 0 Å². The molecule has 0 saturated carbocycles. The minimum atomic E-state index is -4.58. The standard InChI is InChI=1S/C21H22N2O3S/c1-16-12-14-19(15-13-16)23(27(24,25)26)21(18-10-6-3-7-11-18)20(22)17-8-4-2-5-9-17/h2-15,20-21H,22H2,1H3,(H,24,25,26)/t20-,21+/m0/s1. The van der Waals surface area contributed by atoms with E-state index in [1.165, 1.54) is 0 Å². The SMILES string of the molecule is Cc1ccc(N([C@H](c2ccccc2)[C@@H](N)c2ccccc2)S(=O)(=O)O)cc1. The van der Waals surface area contributed by atoms with E-state index in [-0.39, 0.29) is 0 Å². The molecule has 0 aliphatic rings. The van der Waals surface area contributed by atoms with Gasteiger partial charge >= 0.3 is 10.3 Å². The van der Waals surface area contributed by atoms with Crippen LogP contribution in [0.1, 0.15) is 28.8 Å². The Morgan fingerprint density at radius 3 is 1.78 bits per heavy atom. The molecule has 0 spiro atoms. The van der Waals surface area contributed by atoms with Gasteiger partial charge < -0.3 is 5.73 Å². The van der Waals surface area contributed by atoms with Crippen molar-refractivity contribution >= 4 is 16.0 Å². The third-order valence-electron chi connectivity index (χ3n) is 4.46. The summed E-state index contributed by atoms with van der Waals surface area (Å²) in [4.78, 5) is 0.